The molecule has 10 heteroatoms. The second-order valence-corrected chi connectivity index (χ2v) is 9.10. The summed E-state index contributed by atoms with van der Waals surface area (Å²) in [6.45, 7) is 5.17. The molecule has 2 aromatic rings. The van der Waals surface area contributed by atoms with Gasteiger partial charge in [-0.15, -0.1) is 0 Å². The van der Waals surface area contributed by atoms with Gasteiger partial charge in [-0.25, -0.2) is 4.39 Å². The van der Waals surface area contributed by atoms with Crippen LogP contribution in [0.2, 0.25) is 0 Å². The maximum absolute atomic E-state index is 14.1. The van der Waals surface area contributed by atoms with Crippen molar-refractivity contribution in [2.24, 2.45) is 5.92 Å². The van der Waals surface area contributed by atoms with Gasteiger partial charge in [0.25, 0.3) is 0 Å². The molecule has 0 aliphatic heterocycles. The fourth-order valence-corrected chi connectivity index (χ4v) is 3.79. The largest absolute Gasteiger partial charge is 0.493 e. The van der Waals surface area contributed by atoms with E-state index in [4.69, 9.17) is 35.6 Å². The standard InChI is InChI=1S/C21H26FIO6S2/c1-13(12-23)20(24)28-5-4-26-6-8-31-9-7-27-18-10-15-14(2)19(22)21(30)29-16(15)11-17(18)25-3/h10-11,13H,4-9,12H2,1-3H3. The predicted octanol–water partition coefficient (Wildman–Crippen LogP) is 5.36. The minimum atomic E-state index is -0.538. The van der Waals surface area contributed by atoms with E-state index in [1.54, 1.807) is 30.8 Å². The zero-order valence-electron chi connectivity index (χ0n) is 17.7. The third kappa shape index (κ3) is 7.76. The molecule has 1 unspecified atom stereocenters. The van der Waals surface area contributed by atoms with E-state index < -0.39 is 5.82 Å². The number of alkyl halides is 1. The molecule has 0 fully saturated rings. The third-order valence-corrected chi connectivity index (χ3v) is 6.84. The molecule has 0 spiro atoms. The van der Waals surface area contributed by atoms with Gasteiger partial charge < -0.3 is 23.4 Å². The topological polar surface area (TPSA) is 67.1 Å². The van der Waals surface area contributed by atoms with Crippen LogP contribution in [0.1, 0.15) is 12.5 Å². The van der Waals surface area contributed by atoms with E-state index in [-0.39, 0.29) is 23.2 Å². The summed E-state index contributed by atoms with van der Waals surface area (Å²) in [6, 6.07) is 3.36. The number of thioether (sulfide) groups is 1. The van der Waals surface area contributed by atoms with E-state index in [9.17, 15) is 9.18 Å². The molecule has 1 heterocycles. The van der Waals surface area contributed by atoms with Crippen LogP contribution >= 0.6 is 46.6 Å². The van der Waals surface area contributed by atoms with E-state index in [1.807, 2.05) is 6.92 Å². The summed E-state index contributed by atoms with van der Waals surface area (Å²) in [6.07, 6.45) is 0. The maximum atomic E-state index is 14.1. The average molecular weight is 584 g/mol. The predicted molar refractivity (Wildman–Crippen MR) is 131 cm³/mol. The Bertz CT molecular complexity index is 936. The Morgan fingerprint density at radius 3 is 2.68 bits per heavy atom. The van der Waals surface area contributed by atoms with Gasteiger partial charge in [0.1, 0.15) is 12.2 Å². The number of esters is 1. The molecule has 0 saturated heterocycles. The average Bonchev–Trinajstić information content (AvgIpc) is 2.77. The minimum absolute atomic E-state index is 0.0890. The molecule has 0 aliphatic carbocycles. The molecule has 0 radical (unpaired) electrons. The number of hydrogen-bond donors (Lipinski definition) is 0. The molecule has 31 heavy (non-hydrogen) atoms. The minimum Gasteiger partial charge on any atom is -0.493 e. The highest BCUT2D eigenvalue weighted by Crippen LogP contribution is 2.35. The Balaban J connectivity index is 1.71. The zero-order valence-corrected chi connectivity index (χ0v) is 21.5. The maximum Gasteiger partial charge on any atom is 0.309 e. The number of carbonyl (C=O) groups excluding carboxylic acids is 1. The SMILES string of the molecule is COc1cc2oc(=S)c(F)c(C)c2cc1OCCSCCOCCOC(=O)C(C)CI. The fraction of sp³-hybridized carbons (Fsp3) is 0.524. The third-order valence-electron chi connectivity index (χ3n) is 4.34. The van der Waals surface area contributed by atoms with Gasteiger partial charge in [0.15, 0.2) is 17.3 Å². The fourth-order valence-electron chi connectivity index (χ4n) is 2.55. The summed E-state index contributed by atoms with van der Waals surface area (Å²) >= 11 is 8.74. The van der Waals surface area contributed by atoms with Crippen molar-refractivity contribution >= 4 is 63.5 Å². The van der Waals surface area contributed by atoms with E-state index >= 15 is 0 Å². The molecule has 1 atom stereocenters. The highest BCUT2D eigenvalue weighted by Gasteiger charge is 2.14. The number of aryl methyl sites for hydroxylation is 1. The first kappa shape index (κ1) is 26.1. The van der Waals surface area contributed by atoms with Crippen molar-refractivity contribution in [1.29, 1.82) is 0 Å². The Hall–Kier alpha value is -1.11. The van der Waals surface area contributed by atoms with Gasteiger partial charge >= 0.3 is 5.97 Å². The molecule has 0 aliphatic rings. The molecular formula is C21H26FIO6S2. The van der Waals surface area contributed by atoms with E-state index in [0.717, 1.165) is 15.9 Å². The molecule has 172 valence electrons. The number of rotatable bonds is 13. The summed E-state index contributed by atoms with van der Waals surface area (Å²) in [5.41, 5.74) is 0.869. The van der Waals surface area contributed by atoms with Crippen LogP contribution in [0.15, 0.2) is 16.5 Å². The molecule has 2 rings (SSSR count). The van der Waals surface area contributed by atoms with Crippen LogP contribution in [-0.4, -0.2) is 55.4 Å². The summed E-state index contributed by atoms with van der Waals surface area (Å²) in [5.74, 6) is 1.74. The lowest BCUT2D eigenvalue weighted by Crippen LogP contribution is -2.18. The molecule has 0 bridgehead atoms. The molecule has 0 N–H and O–H groups in total. The monoisotopic (exact) mass is 584 g/mol. The lowest BCUT2D eigenvalue weighted by atomic mass is 10.1. The number of benzene rings is 1. The van der Waals surface area contributed by atoms with Crippen molar-refractivity contribution in [3.63, 3.8) is 0 Å². The summed E-state index contributed by atoms with van der Waals surface area (Å²) in [7, 11) is 1.53. The highest BCUT2D eigenvalue weighted by atomic mass is 127. The van der Waals surface area contributed by atoms with Gasteiger partial charge in [-0.2, -0.15) is 11.8 Å². The molecule has 1 aromatic heterocycles. The number of hydrogen-bond acceptors (Lipinski definition) is 8. The second kappa shape index (κ2) is 13.4. The Kier molecular flexibility index (Phi) is 11.3. The Morgan fingerprint density at radius 2 is 1.97 bits per heavy atom. The normalized spacial score (nSPS) is 12.0. The second-order valence-electron chi connectivity index (χ2n) is 6.62. The Labute approximate surface area is 204 Å². The van der Waals surface area contributed by atoms with Gasteiger partial charge in [-0.05, 0) is 25.2 Å². The Morgan fingerprint density at radius 1 is 1.23 bits per heavy atom. The zero-order chi connectivity index (χ0) is 22.8. The van der Waals surface area contributed by atoms with Crippen molar-refractivity contribution in [2.75, 3.05) is 49.5 Å². The number of ether oxygens (including phenoxy) is 4. The van der Waals surface area contributed by atoms with Crippen molar-refractivity contribution < 1.29 is 32.5 Å². The lowest BCUT2D eigenvalue weighted by molar-refractivity contribution is -0.148. The number of carbonyl (C=O) groups is 1. The van der Waals surface area contributed by atoms with Crippen LogP contribution in [0.25, 0.3) is 11.0 Å². The molecule has 6 nitrogen and oxygen atoms in total. The van der Waals surface area contributed by atoms with Gasteiger partial charge in [-0.3, -0.25) is 4.79 Å². The van der Waals surface area contributed by atoms with Crippen LogP contribution in [0.4, 0.5) is 4.39 Å². The quantitative estimate of drug-likeness (QED) is 0.103. The first-order chi connectivity index (χ1) is 14.9. The van der Waals surface area contributed by atoms with Gasteiger partial charge in [0.05, 0.1) is 32.8 Å². The number of methoxy groups -OCH3 is 1. The molecule has 0 saturated carbocycles. The van der Waals surface area contributed by atoms with E-state index in [1.165, 1.54) is 7.11 Å². The lowest BCUT2D eigenvalue weighted by Gasteiger charge is -2.13. The van der Waals surface area contributed by atoms with E-state index in [0.29, 0.717) is 47.9 Å². The first-order valence-electron chi connectivity index (χ1n) is 9.70. The first-order valence-corrected chi connectivity index (χ1v) is 12.8. The molecule has 0 amide bonds. The van der Waals surface area contributed by atoms with E-state index in [2.05, 4.69) is 22.6 Å². The smallest absolute Gasteiger partial charge is 0.309 e. The van der Waals surface area contributed by atoms with Crippen molar-refractivity contribution in [2.45, 2.75) is 13.8 Å². The summed E-state index contributed by atoms with van der Waals surface area (Å²) in [4.78, 5) is 11.5. The highest BCUT2D eigenvalue weighted by molar-refractivity contribution is 14.1. The van der Waals surface area contributed by atoms with Crippen LogP contribution in [0, 0.1) is 23.4 Å². The summed E-state index contributed by atoms with van der Waals surface area (Å²) < 4.78 is 41.8. The van der Waals surface area contributed by atoms with Crippen LogP contribution in [0.5, 0.6) is 11.5 Å². The summed E-state index contributed by atoms with van der Waals surface area (Å²) in [5, 5.41) is 0.594. The van der Waals surface area contributed by atoms with Gasteiger partial charge in [0, 0.05) is 32.9 Å². The van der Waals surface area contributed by atoms with Crippen LogP contribution in [-0.2, 0) is 14.3 Å². The van der Waals surface area contributed by atoms with Gasteiger partial charge in [-0.1, -0.05) is 29.5 Å². The number of fused-ring (bicyclic) bond motifs is 1. The molecular weight excluding hydrogens is 558 g/mol. The van der Waals surface area contributed by atoms with Crippen molar-refractivity contribution in [3.8, 4) is 11.5 Å². The van der Waals surface area contributed by atoms with Crippen molar-refractivity contribution in [3.05, 3.63) is 28.2 Å². The van der Waals surface area contributed by atoms with Crippen LogP contribution < -0.4 is 9.47 Å². The number of halogens is 2. The molecule has 1 aromatic carbocycles. The van der Waals surface area contributed by atoms with Gasteiger partial charge in [0.2, 0.25) is 4.71 Å². The van der Waals surface area contributed by atoms with Crippen molar-refractivity contribution in [1.82, 2.24) is 0 Å². The van der Waals surface area contributed by atoms with Crippen LogP contribution in [0.3, 0.4) is 0 Å².